The maximum Gasteiger partial charge on any atom is 0.0224 e. The van der Waals surface area contributed by atoms with Crippen LogP contribution in [0, 0.1) is 11.8 Å². The van der Waals surface area contributed by atoms with E-state index >= 15 is 0 Å². The Morgan fingerprint density at radius 1 is 1.29 bits per heavy atom. The van der Waals surface area contributed by atoms with Crippen LogP contribution in [0.3, 0.4) is 0 Å². The Morgan fingerprint density at radius 3 is 2.65 bits per heavy atom. The lowest BCUT2D eigenvalue weighted by atomic mass is 10.0. The predicted molar refractivity (Wildman–Crippen MR) is 74.2 cm³/mol. The number of piperazine rings is 1. The van der Waals surface area contributed by atoms with Crippen LogP contribution in [0.15, 0.2) is 0 Å². The standard InChI is InChI=1S/C15H30N2/c1-4-5-14-10-16-15(13-6-7-13)11-17(14)9-8-12(2)3/h12-16H,4-11H2,1-3H3. The topological polar surface area (TPSA) is 15.3 Å². The van der Waals surface area contributed by atoms with Crippen molar-refractivity contribution in [2.24, 2.45) is 11.8 Å². The van der Waals surface area contributed by atoms with Crippen molar-refractivity contribution in [2.45, 2.75) is 65.0 Å². The van der Waals surface area contributed by atoms with Crippen molar-refractivity contribution < 1.29 is 0 Å². The second kappa shape index (κ2) is 6.19. The highest BCUT2D eigenvalue weighted by Crippen LogP contribution is 2.34. The van der Waals surface area contributed by atoms with Crippen LogP contribution in [-0.2, 0) is 0 Å². The summed E-state index contributed by atoms with van der Waals surface area (Å²) in [7, 11) is 0. The third-order valence-electron chi connectivity index (χ3n) is 4.37. The fraction of sp³-hybridized carbons (Fsp3) is 1.00. The van der Waals surface area contributed by atoms with E-state index in [1.165, 1.54) is 51.7 Å². The van der Waals surface area contributed by atoms with Crippen molar-refractivity contribution in [3.05, 3.63) is 0 Å². The Hall–Kier alpha value is -0.0800. The number of nitrogens with one attached hydrogen (secondary N) is 1. The molecule has 2 unspecified atom stereocenters. The minimum Gasteiger partial charge on any atom is -0.311 e. The lowest BCUT2D eigenvalue weighted by molar-refractivity contribution is 0.110. The summed E-state index contributed by atoms with van der Waals surface area (Å²) in [6.07, 6.45) is 6.97. The van der Waals surface area contributed by atoms with Gasteiger partial charge in [0.2, 0.25) is 0 Å². The molecule has 2 heteroatoms. The summed E-state index contributed by atoms with van der Waals surface area (Å²) in [6, 6.07) is 1.60. The molecule has 1 heterocycles. The molecule has 0 radical (unpaired) electrons. The summed E-state index contributed by atoms with van der Waals surface area (Å²) in [5.74, 6) is 1.84. The normalized spacial score (nSPS) is 31.1. The van der Waals surface area contributed by atoms with Crippen LogP contribution < -0.4 is 5.32 Å². The molecule has 1 aliphatic carbocycles. The van der Waals surface area contributed by atoms with Gasteiger partial charge in [-0.2, -0.15) is 0 Å². The molecule has 1 N–H and O–H groups in total. The van der Waals surface area contributed by atoms with Gasteiger partial charge in [0.15, 0.2) is 0 Å². The van der Waals surface area contributed by atoms with Crippen LogP contribution in [0.1, 0.15) is 52.9 Å². The van der Waals surface area contributed by atoms with E-state index in [0.717, 1.165) is 23.9 Å². The average molecular weight is 238 g/mol. The van der Waals surface area contributed by atoms with Gasteiger partial charge < -0.3 is 5.32 Å². The molecule has 17 heavy (non-hydrogen) atoms. The van der Waals surface area contributed by atoms with Crippen molar-refractivity contribution in [2.75, 3.05) is 19.6 Å². The van der Waals surface area contributed by atoms with E-state index in [2.05, 4.69) is 31.0 Å². The molecule has 0 aromatic rings. The molecule has 1 saturated heterocycles. The minimum atomic E-state index is 0.800. The van der Waals surface area contributed by atoms with Crippen molar-refractivity contribution >= 4 is 0 Å². The maximum atomic E-state index is 3.79. The van der Waals surface area contributed by atoms with E-state index in [1.54, 1.807) is 0 Å². The van der Waals surface area contributed by atoms with E-state index in [-0.39, 0.29) is 0 Å². The number of hydrogen-bond donors (Lipinski definition) is 1. The fourth-order valence-corrected chi connectivity index (χ4v) is 3.01. The third kappa shape index (κ3) is 3.96. The van der Waals surface area contributed by atoms with Gasteiger partial charge in [0.05, 0.1) is 0 Å². The minimum absolute atomic E-state index is 0.800. The van der Waals surface area contributed by atoms with Crippen molar-refractivity contribution in [3.8, 4) is 0 Å². The van der Waals surface area contributed by atoms with E-state index in [1.807, 2.05) is 0 Å². The van der Waals surface area contributed by atoms with Gasteiger partial charge in [0.25, 0.3) is 0 Å². The van der Waals surface area contributed by atoms with Gasteiger partial charge in [-0.15, -0.1) is 0 Å². The van der Waals surface area contributed by atoms with E-state index in [4.69, 9.17) is 0 Å². The molecule has 0 spiro atoms. The second-order valence-electron chi connectivity index (χ2n) is 6.47. The summed E-state index contributed by atoms with van der Waals surface area (Å²) in [6.45, 7) is 10.8. The monoisotopic (exact) mass is 238 g/mol. The summed E-state index contributed by atoms with van der Waals surface area (Å²) in [5.41, 5.74) is 0. The Balaban J connectivity index is 1.84. The molecule has 0 bridgehead atoms. The highest BCUT2D eigenvalue weighted by molar-refractivity contribution is 4.94. The maximum absolute atomic E-state index is 3.79. The molecule has 2 atom stereocenters. The van der Waals surface area contributed by atoms with Crippen molar-refractivity contribution in [3.63, 3.8) is 0 Å². The van der Waals surface area contributed by atoms with Gasteiger partial charge in [-0.25, -0.2) is 0 Å². The third-order valence-corrected chi connectivity index (χ3v) is 4.37. The molecule has 0 amide bonds. The highest BCUT2D eigenvalue weighted by Gasteiger charge is 2.36. The summed E-state index contributed by atoms with van der Waals surface area (Å²) in [5, 5.41) is 3.79. The Bertz CT molecular complexity index is 223. The van der Waals surface area contributed by atoms with Gasteiger partial charge in [0, 0.05) is 25.2 Å². The largest absolute Gasteiger partial charge is 0.311 e. The molecule has 2 aliphatic rings. The number of nitrogens with zero attached hydrogens (tertiary/aromatic N) is 1. The summed E-state index contributed by atoms with van der Waals surface area (Å²) >= 11 is 0. The molecule has 0 aromatic carbocycles. The van der Waals surface area contributed by atoms with Crippen LogP contribution in [0.4, 0.5) is 0 Å². The zero-order valence-electron chi connectivity index (χ0n) is 11.9. The van der Waals surface area contributed by atoms with Crippen LogP contribution in [0.2, 0.25) is 0 Å². The van der Waals surface area contributed by atoms with Crippen LogP contribution in [0.25, 0.3) is 0 Å². The zero-order valence-corrected chi connectivity index (χ0v) is 11.9. The average Bonchev–Trinajstić information content (AvgIpc) is 3.12. The van der Waals surface area contributed by atoms with Crippen molar-refractivity contribution in [1.29, 1.82) is 0 Å². The van der Waals surface area contributed by atoms with Gasteiger partial charge >= 0.3 is 0 Å². The van der Waals surface area contributed by atoms with Crippen LogP contribution in [0.5, 0.6) is 0 Å². The quantitative estimate of drug-likeness (QED) is 0.765. The van der Waals surface area contributed by atoms with E-state index < -0.39 is 0 Å². The zero-order chi connectivity index (χ0) is 12.3. The SMILES string of the molecule is CCCC1CNC(C2CC2)CN1CCC(C)C. The highest BCUT2D eigenvalue weighted by atomic mass is 15.2. The molecular weight excluding hydrogens is 208 g/mol. The molecule has 100 valence electrons. The smallest absolute Gasteiger partial charge is 0.0224 e. The summed E-state index contributed by atoms with van der Waals surface area (Å²) in [4.78, 5) is 2.78. The molecule has 2 rings (SSSR count). The predicted octanol–water partition coefficient (Wildman–Crippen LogP) is 2.89. The van der Waals surface area contributed by atoms with Crippen molar-refractivity contribution in [1.82, 2.24) is 10.2 Å². The second-order valence-corrected chi connectivity index (χ2v) is 6.47. The first-order valence-electron chi connectivity index (χ1n) is 7.68. The van der Waals surface area contributed by atoms with Crippen LogP contribution >= 0.6 is 0 Å². The first-order chi connectivity index (χ1) is 8.20. The summed E-state index contributed by atoms with van der Waals surface area (Å²) < 4.78 is 0. The molecule has 1 aliphatic heterocycles. The Morgan fingerprint density at radius 2 is 2.06 bits per heavy atom. The number of hydrogen-bond acceptors (Lipinski definition) is 2. The molecule has 2 nitrogen and oxygen atoms in total. The van der Waals surface area contributed by atoms with Gasteiger partial charge in [-0.1, -0.05) is 27.2 Å². The van der Waals surface area contributed by atoms with Gasteiger partial charge in [0.1, 0.15) is 0 Å². The van der Waals surface area contributed by atoms with Gasteiger partial charge in [-0.05, 0) is 44.1 Å². The molecule has 1 saturated carbocycles. The Labute approximate surface area is 107 Å². The first-order valence-corrected chi connectivity index (χ1v) is 7.68. The van der Waals surface area contributed by atoms with Gasteiger partial charge in [-0.3, -0.25) is 4.90 Å². The number of rotatable bonds is 6. The first kappa shape index (κ1) is 13.4. The molecule has 0 aromatic heterocycles. The van der Waals surface area contributed by atoms with E-state index in [0.29, 0.717) is 0 Å². The fourth-order valence-electron chi connectivity index (χ4n) is 3.01. The van der Waals surface area contributed by atoms with Crippen LogP contribution in [-0.4, -0.2) is 36.6 Å². The van der Waals surface area contributed by atoms with E-state index in [9.17, 15) is 0 Å². The molecule has 2 fully saturated rings. The lowest BCUT2D eigenvalue weighted by Crippen LogP contribution is -2.57. The Kier molecular flexibility index (Phi) is 4.87. The molecular formula is C15H30N2. The lowest BCUT2D eigenvalue weighted by Gasteiger charge is -2.41.